The summed E-state index contributed by atoms with van der Waals surface area (Å²) in [6.45, 7) is 8.67. The van der Waals surface area contributed by atoms with Crippen molar-refractivity contribution < 1.29 is 76.9 Å². The van der Waals surface area contributed by atoms with Crippen molar-refractivity contribution in [3.63, 3.8) is 0 Å². The van der Waals surface area contributed by atoms with Gasteiger partial charge >= 0.3 is 35.8 Å². The van der Waals surface area contributed by atoms with Gasteiger partial charge in [0.2, 0.25) is 0 Å². The molecule has 3 aliphatic carbocycles. The van der Waals surface area contributed by atoms with Crippen molar-refractivity contribution in [3.05, 3.63) is 94.9 Å². The Kier molecular flexibility index (Phi) is 12.8. The van der Waals surface area contributed by atoms with Gasteiger partial charge in [0.1, 0.15) is 22.3 Å². The maximum absolute atomic E-state index is 13.0. The summed E-state index contributed by atoms with van der Waals surface area (Å²) >= 11 is 0. The average Bonchev–Trinajstić information content (AvgIpc) is 3.22. The highest BCUT2D eigenvalue weighted by molar-refractivity contribution is 6.16. The Morgan fingerprint density at radius 2 is 0.688 bits per heavy atom. The largest absolute Gasteiger partial charge is 0.480 e. The van der Waals surface area contributed by atoms with Crippen LogP contribution in [-0.4, -0.2) is 69.2 Å². The normalized spacial score (nSPS) is 34.7. The van der Waals surface area contributed by atoms with Crippen LogP contribution in [0.15, 0.2) is 94.9 Å². The molecule has 0 aromatic rings. The number of esters is 6. The van der Waals surface area contributed by atoms with Crippen molar-refractivity contribution in [1.29, 1.82) is 0 Å². The first-order valence-electron chi connectivity index (χ1n) is 22.1. The summed E-state index contributed by atoms with van der Waals surface area (Å²) in [7, 11) is 0. The van der Waals surface area contributed by atoms with Gasteiger partial charge in [-0.15, -0.1) is 0 Å². The van der Waals surface area contributed by atoms with Gasteiger partial charge in [-0.3, -0.25) is 0 Å². The molecule has 0 atom stereocenters. The van der Waals surface area contributed by atoms with Gasteiger partial charge in [-0.05, 0) is 73.7 Å². The Balaban J connectivity index is 0.880. The van der Waals surface area contributed by atoms with Crippen molar-refractivity contribution >= 4 is 35.8 Å². The highest BCUT2D eigenvalue weighted by Gasteiger charge is 2.57. The van der Waals surface area contributed by atoms with E-state index in [4.69, 9.17) is 37.9 Å². The molecule has 4 heterocycles. The van der Waals surface area contributed by atoms with Crippen LogP contribution in [0.4, 0.5) is 0 Å². The summed E-state index contributed by atoms with van der Waals surface area (Å²) in [6.07, 6.45) is 22.0. The van der Waals surface area contributed by atoms with Gasteiger partial charge in [0.25, 0.3) is 35.0 Å². The Hall–Kier alpha value is -6.06. The van der Waals surface area contributed by atoms with Crippen LogP contribution >= 0.6 is 0 Å². The summed E-state index contributed by atoms with van der Waals surface area (Å²) in [6, 6.07) is 0. The second-order valence-electron chi connectivity index (χ2n) is 18.4. The van der Waals surface area contributed by atoms with Gasteiger partial charge in [-0.2, -0.15) is 0 Å². The van der Waals surface area contributed by atoms with Gasteiger partial charge < -0.3 is 48.1 Å². The minimum Gasteiger partial charge on any atom is -0.480 e. The lowest BCUT2D eigenvalue weighted by molar-refractivity contribution is -0.291. The first kappa shape index (κ1) is 45.9. The second-order valence-corrected chi connectivity index (χ2v) is 18.4. The Morgan fingerprint density at radius 3 is 0.984 bits per heavy atom. The van der Waals surface area contributed by atoms with E-state index < -0.39 is 82.0 Å². The van der Waals surface area contributed by atoms with E-state index in [1.807, 2.05) is 0 Å². The number of carbonyl (C=O) groups excluding carboxylic acids is 6. The van der Waals surface area contributed by atoms with Gasteiger partial charge in [-0.25, -0.2) is 28.8 Å². The van der Waals surface area contributed by atoms with Gasteiger partial charge in [-0.1, -0.05) is 77.0 Å². The van der Waals surface area contributed by atoms with Crippen LogP contribution in [-0.2, 0) is 66.7 Å². The standard InChI is InChI=1S/C48H56O16/c1-5-17-43(3)19-23-45(24-20-43)57-35(49)31(36(50)58-45)13-9-7-11-15-33-39(53)61-47(62-40(33)54)27-29-48(30-28-47)63-41(55)34(42(56)64-48)16-12-8-10-14-32-37(51)59-46(60-38(32)52)25-21-44(4,18-6-2)22-26-46/h7-16,49,51H,5-6,17-30H2,1-4H3. The number of ether oxygens (including phenoxy) is 8. The SMILES string of the molecule is CCCC1(C)CCC2(CC1)OC(=O)C(C=CC=CC=C1C(=O)OC3(CCC4(CC3)OC(=O)C(=CC=CC=CC3=C(O)OC5(CCC(C)(CCC)CC5)OC3=O)C(=O)O4)OC1=O)=C(O)O2. The van der Waals surface area contributed by atoms with Crippen molar-refractivity contribution in [3.8, 4) is 0 Å². The molecular formula is C48H56O16. The number of carbonyl (C=O) groups is 6. The Morgan fingerprint density at radius 1 is 0.406 bits per heavy atom. The molecule has 5 fully saturated rings. The van der Waals surface area contributed by atoms with Crippen LogP contribution in [0.25, 0.3) is 0 Å². The molecule has 3 saturated carbocycles. The maximum Gasteiger partial charge on any atom is 0.348 e. The molecule has 16 heteroatoms. The van der Waals surface area contributed by atoms with Crippen molar-refractivity contribution in [2.45, 2.75) is 154 Å². The Bertz CT molecular complexity index is 1990. The zero-order valence-electron chi connectivity index (χ0n) is 36.7. The van der Waals surface area contributed by atoms with Gasteiger partial charge in [0.05, 0.1) is 0 Å². The smallest absolute Gasteiger partial charge is 0.348 e. The van der Waals surface area contributed by atoms with Gasteiger partial charge in [0.15, 0.2) is 0 Å². The van der Waals surface area contributed by atoms with Crippen LogP contribution < -0.4 is 0 Å². The maximum atomic E-state index is 13.0. The van der Waals surface area contributed by atoms with E-state index in [2.05, 4.69) is 27.7 Å². The average molecular weight is 889 g/mol. The van der Waals surface area contributed by atoms with Crippen molar-refractivity contribution in [2.75, 3.05) is 0 Å². The predicted molar refractivity (Wildman–Crippen MR) is 223 cm³/mol. The molecule has 0 aromatic heterocycles. The molecule has 0 amide bonds. The van der Waals surface area contributed by atoms with Crippen LogP contribution in [0.2, 0.25) is 0 Å². The molecule has 2 N–H and O–H groups in total. The third-order valence-electron chi connectivity index (χ3n) is 13.4. The molecule has 7 rings (SSSR count). The molecule has 7 aliphatic rings. The van der Waals surface area contributed by atoms with Crippen LogP contribution in [0.3, 0.4) is 0 Å². The van der Waals surface area contributed by atoms with Crippen LogP contribution in [0, 0.1) is 10.8 Å². The summed E-state index contributed by atoms with van der Waals surface area (Å²) < 4.78 is 45.0. The van der Waals surface area contributed by atoms with Gasteiger partial charge in [0, 0.05) is 51.4 Å². The number of hydrogen-bond acceptors (Lipinski definition) is 16. The van der Waals surface area contributed by atoms with Crippen molar-refractivity contribution in [1.82, 2.24) is 0 Å². The molecule has 64 heavy (non-hydrogen) atoms. The Labute approximate surface area is 371 Å². The highest BCUT2D eigenvalue weighted by atomic mass is 16.8. The van der Waals surface area contributed by atoms with E-state index >= 15 is 0 Å². The molecule has 0 unspecified atom stereocenters. The summed E-state index contributed by atoms with van der Waals surface area (Å²) in [5, 5.41) is 21.1. The molecule has 16 nitrogen and oxygen atoms in total. The van der Waals surface area contributed by atoms with E-state index in [0.717, 1.165) is 51.4 Å². The molecule has 344 valence electrons. The lowest BCUT2D eigenvalue weighted by atomic mass is 9.71. The van der Waals surface area contributed by atoms with E-state index in [0.29, 0.717) is 25.7 Å². The number of hydrogen-bond donors (Lipinski definition) is 2. The van der Waals surface area contributed by atoms with Crippen molar-refractivity contribution in [2.24, 2.45) is 10.8 Å². The number of allylic oxidation sites excluding steroid dienone is 8. The predicted octanol–water partition coefficient (Wildman–Crippen LogP) is 8.07. The highest BCUT2D eigenvalue weighted by Crippen LogP contribution is 2.50. The number of aliphatic hydroxyl groups excluding tert-OH is 2. The van der Waals surface area contributed by atoms with E-state index in [1.54, 1.807) is 0 Å². The fraction of sp³-hybridized carbons (Fsp3) is 0.542. The lowest BCUT2D eigenvalue weighted by Gasteiger charge is -2.45. The first-order valence-corrected chi connectivity index (χ1v) is 22.1. The fourth-order valence-electron chi connectivity index (χ4n) is 9.52. The molecule has 4 spiro atoms. The summed E-state index contributed by atoms with van der Waals surface area (Å²) in [4.78, 5) is 77.6. The van der Waals surface area contributed by atoms with E-state index in [9.17, 15) is 39.0 Å². The lowest BCUT2D eigenvalue weighted by Crippen LogP contribution is -2.56. The minimum atomic E-state index is -1.67. The molecule has 0 bridgehead atoms. The van der Waals surface area contributed by atoms with E-state index in [1.165, 1.54) is 60.8 Å². The topological polar surface area (TPSA) is 217 Å². The van der Waals surface area contributed by atoms with Crippen LogP contribution in [0.1, 0.15) is 130 Å². The summed E-state index contributed by atoms with van der Waals surface area (Å²) in [5.41, 5.74) is -0.886. The number of aliphatic hydroxyl groups is 2. The number of rotatable bonds is 10. The third-order valence-corrected chi connectivity index (χ3v) is 13.4. The monoisotopic (exact) mass is 888 g/mol. The quantitative estimate of drug-likeness (QED) is 0.0697. The van der Waals surface area contributed by atoms with E-state index in [-0.39, 0.29) is 47.7 Å². The zero-order chi connectivity index (χ0) is 46.0. The third kappa shape index (κ3) is 9.70. The molecule has 0 aromatic carbocycles. The van der Waals surface area contributed by atoms with Crippen LogP contribution in [0.5, 0.6) is 0 Å². The molecule has 4 aliphatic heterocycles. The first-order chi connectivity index (χ1) is 30.4. The molecule has 2 saturated heterocycles. The molecule has 0 radical (unpaired) electrons. The molecular weight excluding hydrogens is 833 g/mol. The summed E-state index contributed by atoms with van der Waals surface area (Å²) in [5.74, 6) is -12.1. The fourth-order valence-corrected chi connectivity index (χ4v) is 9.52. The minimum absolute atomic E-state index is 0.133. The zero-order valence-corrected chi connectivity index (χ0v) is 36.7. The second kappa shape index (κ2) is 17.8.